The molecule has 0 aliphatic heterocycles. The van der Waals surface area contributed by atoms with E-state index in [1.807, 2.05) is 35.4 Å². The third-order valence-electron chi connectivity index (χ3n) is 4.50. The van der Waals surface area contributed by atoms with Crippen molar-refractivity contribution >= 4 is 18.2 Å². The van der Waals surface area contributed by atoms with Crippen molar-refractivity contribution in [1.29, 1.82) is 0 Å². The maximum absolute atomic E-state index is 14.4. The highest BCUT2D eigenvalue weighted by Crippen LogP contribution is 2.35. The van der Waals surface area contributed by atoms with Gasteiger partial charge in [-0.15, -0.1) is 0 Å². The highest BCUT2D eigenvalue weighted by Gasteiger charge is 2.16. The Balaban J connectivity index is 1.91. The molecule has 3 rings (SSSR count). The lowest BCUT2D eigenvalue weighted by atomic mass is 10.0. The molecule has 2 aromatic rings. The Morgan fingerprint density at radius 1 is 1.37 bits per heavy atom. The lowest BCUT2D eigenvalue weighted by molar-refractivity contribution is 0.160. The third kappa shape index (κ3) is 5.46. The van der Waals surface area contributed by atoms with Gasteiger partial charge in [0.2, 0.25) is 0 Å². The van der Waals surface area contributed by atoms with Crippen LogP contribution in [0.25, 0.3) is 11.3 Å². The second-order valence-corrected chi connectivity index (χ2v) is 7.75. The summed E-state index contributed by atoms with van der Waals surface area (Å²) < 4.78 is 41.2. The molecule has 0 radical (unpaired) electrons. The summed E-state index contributed by atoms with van der Waals surface area (Å²) >= 11 is 1.48. The van der Waals surface area contributed by atoms with E-state index >= 15 is 0 Å². The fraction of sp³-hybridized carbons (Fsp3) is 0.227. The normalized spacial score (nSPS) is 15.0. The summed E-state index contributed by atoms with van der Waals surface area (Å²) in [5, 5.41) is 3.11. The molecule has 0 fully saturated rings. The molecule has 0 bridgehead atoms. The maximum Gasteiger partial charge on any atom is 0.331 e. The van der Waals surface area contributed by atoms with Crippen LogP contribution in [0.5, 0.6) is 0 Å². The van der Waals surface area contributed by atoms with Gasteiger partial charge >= 0.3 is 6.55 Å². The minimum absolute atomic E-state index is 0.289. The van der Waals surface area contributed by atoms with Crippen LogP contribution in [0.1, 0.15) is 18.4 Å². The van der Waals surface area contributed by atoms with E-state index in [-0.39, 0.29) is 5.82 Å². The Bertz CT molecular complexity index is 1010. The molecule has 0 amide bonds. The van der Waals surface area contributed by atoms with Gasteiger partial charge in [-0.1, -0.05) is 18.2 Å². The van der Waals surface area contributed by atoms with Crippen molar-refractivity contribution in [2.45, 2.75) is 25.9 Å². The second kappa shape index (κ2) is 10.4. The van der Waals surface area contributed by atoms with Gasteiger partial charge in [0.1, 0.15) is 5.82 Å². The van der Waals surface area contributed by atoms with E-state index in [0.29, 0.717) is 17.7 Å². The van der Waals surface area contributed by atoms with Gasteiger partial charge in [0.05, 0.1) is 5.69 Å². The molecule has 0 saturated carbocycles. The number of nitrogens with zero attached hydrogens (tertiary/aromatic N) is 2. The zero-order chi connectivity index (χ0) is 21.5. The Morgan fingerprint density at radius 2 is 2.17 bits per heavy atom. The predicted molar refractivity (Wildman–Crippen MR) is 118 cm³/mol. The van der Waals surface area contributed by atoms with E-state index in [1.165, 1.54) is 24.2 Å². The monoisotopic (exact) mass is 432 g/mol. The molecular formula is C22H23F3N4S. The van der Waals surface area contributed by atoms with Crippen LogP contribution in [-0.4, -0.2) is 23.8 Å². The number of aliphatic imine (C=N–C) groups is 1. The largest absolute Gasteiger partial charge is 0.404 e. The summed E-state index contributed by atoms with van der Waals surface area (Å²) in [5.41, 5.74) is 9.10. The van der Waals surface area contributed by atoms with Gasteiger partial charge in [-0.3, -0.25) is 3.97 Å². The smallest absolute Gasteiger partial charge is 0.331 e. The molecule has 1 aliphatic rings. The van der Waals surface area contributed by atoms with Crippen molar-refractivity contribution in [3.8, 4) is 11.3 Å². The molecular weight excluding hydrogens is 409 g/mol. The summed E-state index contributed by atoms with van der Waals surface area (Å²) in [4.78, 5) is 4.15. The van der Waals surface area contributed by atoms with Gasteiger partial charge in [0, 0.05) is 41.2 Å². The molecule has 3 N–H and O–H groups in total. The quantitative estimate of drug-likeness (QED) is 0.443. The fourth-order valence-electron chi connectivity index (χ4n) is 3.16. The summed E-state index contributed by atoms with van der Waals surface area (Å²) in [6, 6.07) is 8.62. The Morgan fingerprint density at radius 3 is 2.87 bits per heavy atom. The van der Waals surface area contributed by atoms with E-state index in [4.69, 9.17) is 5.73 Å². The van der Waals surface area contributed by atoms with Crippen molar-refractivity contribution < 1.29 is 13.2 Å². The number of aromatic nitrogens is 1. The Labute approximate surface area is 178 Å². The minimum Gasteiger partial charge on any atom is -0.404 e. The summed E-state index contributed by atoms with van der Waals surface area (Å²) in [7, 11) is 1.86. The fourth-order valence-corrected chi connectivity index (χ4v) is 4.24. The average Bonchev–Trinajstić information content (AvgIpc) is 3.11. The topological polar surface area (TPSA) is 55.3 Å². The number of hydrogen-bond donors (Lipinski definition) is 2. The SMILES string of the molecule is CNCc1cc(-c2ccccc2F)n(SC2=CC(C(C=NC(F)F)=CN)=CCC2)c1. The van der Waals surface area contributed by atoms with Crippen LogP contribution in [0.2, 0.25) is 0 Å². The number of halogens is 3. The molecule has 0 spiro atoms. The van der Waals surface area contributed by atoms with Gasteiger partial charge in [-0.2, -0.15) is 8.78 Å². The van der Waals surface area contributed by atoms with Crippen LogP contribution in [0.3, 0.4) is 0 Å². The van der Waals surface area contributed by atoms with Crippen LogP contribution in [0, 0.1) is 5.82 Å². The van der Waals surface area contributed by atoms with Crippen LogP contribution in [0.4, 0.5) is 13.2 Å². The van der Waals surface area contributed by atoms with Crippen LogP contribution in [0.15, 0.2) is 75.9 Å². The standard InChI is InChI=1S/C22H23F3N4S/c1-27-12-15-9-21(19-7-2-3-8-20(19)23)29(14-15)30-18-6-4-5-16(10-18)17(11-26)13-28-22(24)25/h2-3,5,7-11,13-14,22,27H,4,6,12,26H2,1H3. The third-order valence-corrected chi connectivity index (χ3v) is 5.55. The van der Waals surface area contributed by atoms with Crippen molar-refractivity contribution in [2.75, 3.05) is 7.05 Å². The highest BCUT2D eigenvalue weighted by molar-refractivity contribution is 8.01. The van der Waals surface area contributed by atoms with E-state index in [9.17, 15) is 13.2 Å². The first kappa shape index (κ1) is 22.0. The number of alkyl halides is 2. The van der Waals surface area contributed by atoms with Gasteiger partial charge in [-0.25, -0.2) is 9.38 Å². The number of rotatable bonds is 8. The van der Waals surface area contributed by atoms with E-state index in [1.54, 1.807) is 18.2 Å². The Kier molecular flexibility index (Phi) is 7.59. The molecule has 30 heavy (non-hydrogen) atoms. The second-order valence-electron chi connectivity index (χ2n) is 6.65. The zero-order valence-corrected chi connectivity index (χ0v) is 17.3. The van der Waals surface area contributed by atoms with Crippen LogP contribution < -0.4 is 11.1 Å². The number of hydrogen-bond acceptors (Lipinski definition) is 4. The molecule has 158 valence electrons. The number of nitrogens with two attached hydrogens (primary N) is 1. The highest BCUT2D eigenvalue weighted by atomic mass is 32.2. The summed E-state index contributed by atoms with van der Waals surface area (Å²) in [6.07, 6.45) is 9.72. The lowest BCUT2D eigenvalue weighted by Crippen LogP contribution is -2.03. The molecule has 1 aromatic carbocycles. The number of benzene rings is 1. The summed E-state index contributed by atoms with van der Waals surface area (Å²) in [5.74, 6) is -0.289. The predicted octanol–water partition coefficient (Wildman–Crippen LogP) is 5.25. The van der Waals surface area contributed by atoms with E-state index < -0.39 is 6.55 Å². The van der Waals surface area contributed by atoms with Gasteiger partial charge in [-0.05, 0) is 67.2 Å². The summed E-state index contributed by atoms with van der Waals surface area (Å²) in [6.45, 7) is -2.13. The molecule has 4 nitrogen and oxygen atoms in total. The van der Waals surface area contributed by atoms with E-state index in [0.717, 1.165) is 40.8 Å². The zero-order valence-electron chi connectivity index (χ0n) is 16.5. The van der Waals surface area contributed by atoms with Crippen LogP contribution >= 0.6 is 11.9 Å². The van der Waals surface area contributed by atoms with Crippen LogP contribution in [-0.2, 0) is 6.54 Å². The van der Waals surface area contributed by atoms with Crippen molar-refractivity contribution in [1.82, 2.24) is 9.29 Å². The van der Waals surface area contributed by atoms with Gasteiger partial charge in [0.15, 0.2) is 0 Å². The first-order chi connectivity index (χ1) is 14.5. The van der Waals surface area contributed by atoms with Crippen molar-refractivity contribution in [3.05, 3.63) is 82.3 Å². The average molecular weight is 433 g/mol. The number of allylic oxidation sites excluding steroid dienone is 5. The molecule has 1 aliphatic carbocycles. The van der Waals surface area contributed by atoms with Crippen molar-refractivity contribution in [3.63, 3.8) is 0 Å². The lowest BCUT2D eigenvalue weighted by Gasteiger charge is -2.16. The molecule has 0 unspecified atom stereocenters. The molecule has 1 heterocycles. The molecule has 1 aromatic heterocycles. The van der Waals surface area contributed by atoms with Crippen molar-refractivity contribution in [2.24, 2.45) is 10.7 Å². The number of nitrogens with one attached hydrogen (secondary N) is 1. The maximum atomic E-state index is 14.4. The minimum atomic E-state index is -2.78. The molecule has 8 heteroatoms. The van der Waals surface area contributed by atoms with E-state index in [2.05, 4.69) is 10.3 Å². The first-order valence-electron chi connectivity index (χ1n) is 9.45. The Hall–Kier alpha value is -2.71. The van der Waals surface area contributed by atoms with Gasteiger partial charge < -0.3 is 11.1 Å². The first-order valence-corrected chi connectivity index (χ1v) is 10.2. The molecule has 0 saturated heterocycles. The molecule has 0 atom stereocenters. The van der Waals surface area contributed by atoms with Gasteiger partial charge in [0.25, 0.3) is 0 Å².